The van der Waals surface area contributed by atoms with E-state index in [0.717, 1.165) is 11.1 Å². The molecule has 2 aliphatic rings. The Balaban J connectivity index is 1.62. The summed E-state index contributed by atoms with van der Waals surface area (Å²) in [6.07, 6.45) is 1.97. The third-order valence-electron chi connectivity index (χ3n) is 5.97. The van der Waals surface area contributed by atoms with Crippen molar-refractivity contribution in [3.05, 3.63) is 65.7 Å². The van der Waals surface area contributed by atoms with Crippen molar-refractivity contribution in [3.8, 4) is 0 Å². The number of benzene rings is 2. The highest BCUT2D eigenvalue weighted by Crippen LogP contribution is 2.72. The van der Waals surface area contributed by atoms with Gasteiger partial charge in [0.1, 0.15) is 0 Å². The first-order valence-electron chi connectivity index (χ1n) is 9.30. The van der Waals surface area contributed by atoms with Gasteiger partial charge in [0.25, 0.3) is 0 Å². The first-order valence-corrected chi connectivity index (χ1v) is 10.8. The molecule has 6 heteroatoms. The zero-order valence-electron chi connectivity index (χ0n) is 15.1. The van der Waals surface area contributed by atoms with Crippen molar-refractivity contribution in [1.82, 2.24) is 0 Å². The molecule has 2 N–H and O–H groups in total. The van der Waals surface area contributed by atoms with Crippen LogP contribution >= 0.6 is 0 Å². The molecule has 27 heavy (non-hydrogen) atoms. The molecule has 5 nitrogen and oxygen atoms in total. The maximum absolute atomic E-state index is 12.1. The number of carboxylic acids is 1. The minimum absolute atomic E-state index is 0.0739. The number of anilines is 1. The number of carboxylic acid groups (broad SMARTS) is 1. The van der Waals surface area contributed by atoms with Crippen LogP contribution < -0.4 is 4.72 Å². The second-order valence-electron chi connectivity index (χ2n) is 7.53. The third kappa shape index (κ3) is 3.02. The van der Waals surface area contributed by atoms with Gasteiger partial charge >= 0.3 is 5.97 Å². The molecule has 2 aromatic carbocycles. The van der Waals surface area contributed by atoms with Crippen molar-refractivity contribution >= 4 is 21.7 Å². The number of carbonyl (C=O) groups is 1. The fourth-order valence-electron chi connectivity index (χ4n) is 4.32. The summed E-state index contributed by atoms with van der Waals surface area (Å²) in [5.41, 5.74) is 1.68. The summed E-state index contributed by atoms with van der Waals surface area (Å²) in [5, 5.41) is 9.68. The lowest BCUT2D eigenvalue weighted by Crippen LogP contribution is -2.18. The van der Waals surface area contributed by atoms with Gasteiger partial charge in [0.2, 0.25) is 10.0 Å². The molecule has 4 rings (SSSR count). The van der Waals surface area contributed by atoms with E-state index in [9.17, 15) is 18.3 Å². The highest BCUT2D eigenvalue weighted by Gasteiger charge is 2.69. The van der Waals surface area contributed by atoms with Gasteiger partial charge in [-0.2, -0.15) is 0 Å². The van der Waals surface area contributed by atoms with E-state index in [2.05, 4.69) is 4.72 Å². The van der Waals surface area contributed by atoms with Gasteiger partial charge in [0.15, 0.2) is 0 Å². The summed E-state index contributed by atoms with van der Waals surface area (Å²) < 4.78 is 26.8. The molecular weight excluding hydrogens is 362 g/mol. The smallest absolute Gasteiger partial charge is 0.310 e. The van der Waals surface area contributed by atoms with Gasteiger partial charge in [-0.05, 0) is 42.5 Å². The monoisotopic (exact) mass is 385 g/mol. The van der Waals surface area contributed by atoms with E-state index in [1.807, 2.05) is 49.4 Å². The Morgan fingerprint density at radius 3 is 2.07 bits per heavy atom. The molecular formula is C21H23NO4S. The highest BCUT2D eigenvalue weighted by atomic mass is 32.2. The molecule has 0 aromatic heterocycles. The van der Waals surface area contributed by atoms with Crippen LogP contribution in [0.25, 0.3) is 0 Å². The van der Waals surface area contributed by atoms with Gasteiger partial charge in [-0.15, -0.1) is 0 Å². The van der Waals surface area contributed by atoms with E-state index in [1.54, 1.807) is 12.1 Å². The Hall–Kier alpha value is -2.34. The van der Waals surface area contributed by atoms with Crippen LogP contribution in [0.5, 0.6) is 0 Å². The molecule has 2 saturated carbocycles. The van der Waals surface area contributed by atoms with Gasteiger partial charge < -0.3 is 5.11 Å². The number of rotatable bonds is 7. The van der Waals surface area contributed by atoms with Crippen molar-refractivity contribution in [2.24, 2.45) is 5.41 Å². The average Bonchev–Trinajstić information content (AvgIpc) is 3.55. The molecule has 142 valence electrons. The largest absolute Gasteiger partial charge is 0.481 e. The van der Waals surface area contributed by atoms with Gasteiger partial charge in [0, 0.05) is 17.5 Å². The lowest BCUT2D eigenvalue weighted by atomic mass is 9.94. The second-order valence-corrected chi connectivity index (χ2v) is 9.49. The first-order chi connectivity index (χ1) is 12.9. The summed E-state index contributed by atoms with van der Waals surface area (Å²) in [5.74, 6) is -0.964. The minimum atomic E-state index is -3.30. The van der Waals surface area contributed by atoms with Gasteiger partial charge in [0.05, 0.1) is 10.7 Å². The molecule has 0 amide bonds. The molecule has 3 atom stereocenters. The molecule has 0 radical (unpaired) electrons. The zero-order chi connectivity index (χ0) is 19.2. The molecule has 0 spiro atoms. The lowest BCUT2D eigenvalue weighted by molar-refractivity contribution is -0.143. The minimum Gasteiger partial charge on any atom is -0.481 e. The van der Waals surface area contributed by atoms with Crippen LogP contribution in [0.1, 0.15) is 49.1 Å². The summed E-state index contributed by atoms with van der Waals surface area (Å²) in [4.78, 5) is 12.1. The Morgan fingerprint density at radius 2 is 1.59 bits per heavy atom. The second kappa shape index (κ2) is 6.37. The van der Waals surface area contributed by atoms with E-state index in [1.165, 1.54) is 0 Å². The highest BCUT2D eigenvalue weighted by molar-refractivity contribution is 7.93. The molecule has 2 aliphatic carbocycles. The van der Waals surface area contributed by atoms with E-state index in [-0.39, 0.29) is 17.1 Å². The van der Waals surface area contributed by atoms with Crippen molar-refractivity contribution in [2.75, 3.05) is 4.72 Å². The number of hydrogen-bond acceptors (Lipinski definition) is 3. The normalized spacial score (nSPS) is 27.1. The maximum Gasteiger partial charge on any atom is 0.310 e. The lowest BCUT2D eigenvalue weighted by Gasteiger charge is -2.11. The van der Waals surface area contributed by atoms with Crippen LogP contribution in [0.3, 0.4) is 0 Å². The summed E-state index contributed by atoms with van der Waals surface area (Å²) in [7, 11) is -3.30. The Labute approximate surface area is 159 Å². The van der Waals surface area contributed by atoms with Crippen LogP contribution in [0.15, 0.2) is 54.6 Å². The molecule has 2 fully saturated rings. The van der Waals surface area contributed by atoms with Crippen LogP contribution in [0.2, 0.25) is 0 Å². The first kappa shape index (κ1) is 18.0. The molecule has 0 saturated heterocycles. The van der Waals surface area contributed by atoms with Crippen LogP contribution in [-0.4, -0.2) is 24.7 Å². The number of nitrogens with one attached hydrogen (secondary N) is 1. The van der Waals surface area contributed by atoms with E-state index in [0.29, 0.717) is 24.9 Å². The quantitative estimate of drug-likeness (QED) is 0.756. The van der Waals surface area contributed by atoms with Gasteiger partial charge in [-0.25, -0.2) is 8.42 Å². The van der Waals surface area contributed by atoms with Crippen molar-refractivity contribution in [2.45, 2.75) is 43.3 Å². The fourth-order valence-corrected chi connectivity index (χ4v) is 5.71. The van der Waals surface area contributed by atoms with Gasteiger partial charge in [-0.1, -0.05) is 49.4 Å². The SMILES string of the molecule is CCC1(C(=O)O)C(c2ccccc2)C1c1ccc(NS(=O)(=O)C2CC2)cc1. The predicted octanol–water partition coefficient (Wildman–Crippen LogP) is 3.95. The van der Waals surface area contributed by atoms with Crippen molar-refractivity contribution < 1.29 is 18.3 Å². The number of hydrogen-bond donors (Lipinski definition) is 2. The Morgan fingerprint density at radius 1 is 1.04 bits per heavy atom. The zero-order valence-corrected chi connectivity index (χ0v) is 15.9. The molecule has 0 bridgehead atoms. The topological polar surface area (TPSA) is 83.5 Å². The van der Waals surface area contributed by atoms with Crippen LogP contribution in [-0.2, 0) is 14.8 Å². The number of aliphatic carboxylic acids is 1. The van der Waals surface area contributed by atoms with Crippen molar-refractivity contribution in [3.63, 3.8) is 0 Å². The average molecular weight is 385 g/mol. The van der Waals surface area contributed by atoms with Gasteiger partial charge in [-0.3, -0.25) is 9.52 Å². The van der Waals surface area contributed by atoms with Crippen LogP contribution in [0.4, 0.5) is 5.69 Å². The Kier molecular flexibility index (Phi) is 4.26. The summed E-state index contributed by atoms with van der Waals surface area (Å²) in [6.45, 7) is 1.92. The molecule has 3 unspecified atom stereocenters. The molecule has 0 heterocycles. The summed E-state index contributed by atoms with van der Waals surface area (Å²) in [6, 6.07) is 16.9. The van der Waals surface area contributed by atoms with E-state index < -0.39 is 21.4 Å². The molecule has 2 aromatic rings. The third-order valence-corrected chi connectivity index (χ3v) is 7.84. The Bertz CT molecular complexity index is 951. The van der Waals surface area contributed by atoms with E-state index >= 15 is 0 Å². The number of sulfonamides is 1. The van der Waals surface area contributed by atoms with Crippen molar-refractivity contribution in [1.29, 1.82) is 0 Å². The summed E-state index contributed by atoms with van der Waals surface area (Å²) >= 11 is 0. The van der Waals surface area contributed by atoms with E-state index in [4.69, 9.17) is 0 Å². The standard InChI is InChI=1S/C21H23NO4S/c1-2-21(20(23)24)18(14-6-4-3-5-7-14)19(21)15-8-10-16(11-9-15)22-27(25,26)17-12-13-17/h3-11,17-19,22H,2,12-13H2,1H3,(H,23,24). The van der Waals surface area contributed by atoms with Crippen LogP contribution in [0, 0.1) is 5.41 Å². The molecule has 0 aliphatic heterocycles. The predicted molar refractivity (Wildman–Crippen MR) is 104 cm³/mol. The maximum atomic E-state index is 12.1. The fraction of sp³-hybridized carbons (Fsp3) is 0.381.